The Morgan fingerprint density at radius 2 is 1.19 bits per heavy atom. The first-order valence-electron chi connectivity index (χ1n) is 10.5. The first-order chi connectivity index (χ1) is 13.1. The molecule has 0 saturated carbocycles. The molecule has 0 bridgehead atoms. The fourth-order valence-corrected chi connectivity index (χ4v) is 3.17. The number of hydrogen-bond donors (Lipinski definition) is 1. The van der Waals surface area contributed by atoms with E-state index in [1.807, 2.05) is 0 Å². The van der Waals surface area contributed by atoms with E-state index in [4.69, 9.17) is 9.84 Å². The number of esters is 1. The molecule has 0 aliphatic rings. The van der Waals surface area contributed by atoms with Gasteiger partial charge in [-0.05, 0) is 19.3 Å². The van der Waals surface area contributed by atoms with Crippen molar-refractivity contribution in [3.05, 3.63) is 0 Å². The second kappa shape index (κ2) is 19.2. The van der Waals surface area contributed by atoms with Crippen LogP contribution in [-0.2, 0) is 23.9 Å². The van der Waals surface area contributed by atoms with Crippen molar-refractivity contribution in [2.24, 2.45) is 0 Å². The second-order valence-corrected chi connectivity index (χ2v) is 7.13. The van der Waals surface area contributed by atoms with Gasteiger partial charge in [0.25, 0.3) is 6.47 Å². The van der Waals surface area contributed by atoms with E-state index in [2.05, 4.69) is 4.74 Å². The topological polar surface area (TPSA) is 89.9 Å². The number of rotatable bonds is 20. The number of ether oxygens (including phenoxy) is 2. The van der Waals surface area contributed by atoms with Crippen molar-refractivity contribution < 1.29 is 29.0 Å². The average Bonchev–Trinajstić information content (AvgIpc) is 2.65. The van der Waals surface area contributed by atoms with Gasteiger partial charge in [-0.1, -0.05) is 77.0 Å². The summed E-state index contributed by atoms with van der Waals surface area (Å²) >= 11 is 0. The van der Waals surface area contributed by atoms with E-state index in [0.717, 1.165) is 38.5 Å². The molecular weight excluding hydrogens is 348 g/mol. The number of unbranched alkanes of at least 4 members (excludes halogenated alkanes) is 13. The standard InChI is InChI=1S/C21H38O6/c1-26-21(25)19(27-18-22)16-14-12-10-8-6-4-2-3-5-7-9-11-13-15-17-20(23)24/h18-19H,2-17H2,1H3,(H,23,24). The van der Waals surface area contributed by atoms with Gasteiger partial charge in [0.2, 0.25) is 0 Å². The molecular formula is C21H38O6. The minimum Gasteiger partial charge on any atom is -0.481 e. The lowest BCUT2D eigenvalue weighted by Gasteiger charge is -2.12. The predicted molar refractivity (Wildman–Crippen MR) is 104 cm³/mol. The molecule has 0 aliphatic heterocycles. The van der Waals surface area contributed by atoms with E-state index in [1.54, 1.807) is 0 Å². The Labute approximate surface area is 164 Å². The van der Waals surface area contributed by atoms with Gasteiger partial charge in [-0.25, -0.2) is 4.79 Å². The monoisotopic (exact) mass is 386 g/mol. The maximum atomic E-state index is 11.4. The van der Waals surface area contributed by atoms with Crippen LogP contribution in [0.1, 0.15) is 103 Å². The highest BCUT2D eigenvalue weighted by Crippen LogP contribution is 2.14. The summed E-state index contributed by atoms with van der Waals surface area (Å²) in [7, 11) is 1.30. The van der Waals surface area contributed by atoms with Crippen LogP contribution in [0.4, 0.5) is 0 Å². The van der Waals surface area contributed by atoms with E-state index in [0.29, 0.717) is 19.3 Å². The van der Waals surface area contributed by atoms with Gasteiger partial charge in [0.1, 0.15) is 0 Å². The Morgan fingerprint density at radius 1 is 0.778 bits per heavy atom. The Hall–Kier alpha value is -1.59. The van der Waals surface area contributed by atoms with Crippen LogP contribution in [0.15, 0.2) is 0 Å². The minimum absolute atomic E-state index is 0.304. The van der Waals surface area contributed by atoms with Crippen molar-refractivity contribution in [3.8, 4) is 0 Å². The smallest absolute Gasteiger partial charge is 0.347 e. The van der Waals surface area contributed by atoms with E-state index >= 15 is 0 Å². The fraction of sp³-hybridized carbons (Fsp3) is 0.857. The van der Waals surface area contributed by atoms with Crippen LogP contribution in [0.2, 0.25) is 0 Å². The number of carboxylic acids is 1. The van der Waals surface area contributed by atoms with Crippen LogP contribution < -0.4 is 0 Å². The maximum absolute atomic E-state index is 11.4. The largest absolute Gasteiger partial charge is 0.481 e. The van der Waals surface area contributed by atoms with Gasteiger partial charge in [0, 0.05) is 6.42 Å². The molecule has 1 atom stereocenters. The quantitative estimate of drug-likeness (QED) is 0.179. The summed E-state index contributed by atoms with van der Waals surface area (Å²) in [5.41, 5.74) is 0. The summed E-state index contributed by atoms with van der Waals surface area (Å²) in [6.07, 6.45) is 16.2. The van der Waals surface area contributed by atoms with Crippen molar-refractivity contribution in [2.75, 3.05) is 7.11 Å². The molecule has 0 rings (SSSR count). The van der Waals surface area contributed by atoms with Crippen molar-refractivity contribution in [1.29, 1.82) is 0 Å². The van der Waals surface area contributed by atoms with Crippen molar-refractivity contribution >= 4 is 18.4 Å². The first-order valence-corrected chi connectivity index (χ1v) is 10.5. The minimum atomic E-state index is -0.760. The second-order valence-electron chi connectivity index (χ2n) is 7.13. The zero-order chi connectivity index (χ0) is 20.2. The first kappa shape index (κ1) is 25.4. The molecule has 0 aromatic heterocycles. The Morgan fingerprint density at radius 3 is 1.56 bits per heavy atom. The number of methoxy groups -OCH3 is 1. The highest BCUT2D eigenvalue weighted by molar-refractivity contribution is 5.75. The Bertz CT molecular complexity index is 383. The molecule has 6 heteroatoms. The van der Waals surface area contributed by atoms with Gasteiger partial charge in [-0.2, -0.15) is 0 Å². The summed E-state index contributed by atoms with van der Waals surface area (Å²) in [5.74, 6) is -1.17. The average molecular weight is 387 g/mol. The van der Waals surface area contributed by atoms with Crippen LogP contribution in [0, 0.1) is 0 Å². The van der Waals surface area contributed by atoms with Gasteiger partial charge in [0.15, 0.2) is 6.10 Å². The Kier molecular flexibility index (Phi) is 18.0. The summed E-state index contributed by atoms with van der Waals surface area (Å²) in [5, 5.41) is 8.55. The van der Waals surface area contributed by atoms with Gasteiger partial charge in [-0.15, -0.1) is 0 Å². The predicted octanol–water partition coefficient (Wildman–Crippen LogP) is 5.03. The molecule has 0 heterocycles. The SMILES string of the molecule is COC(=O)C(CCCCCCCCCCCCCCCCC(=O)O)OC=O. The molecule has 158 valence electrons. The lowest BCUT2D eigenvalue weighted by Crippen LogP contribution is -2.25. The fourth-order valence-electron chi connectivity index (χ4n) is 3.17. The molecule has 0 aromatic carbocycles. The van der Waals surface area contributed by atoms with Crippen LogP contribution >= 0.6 is 0 Å². The van der Waals surface area contributed by atoms with Gasteiger partial charge < -0.3 is 14.6 Å². The van der Waals surface area contributed by atoms with E-state index < -0.39 is 18.0 Å². The van der Waals surface area contributed by atoms with Crippen LogP contribution in [0.5, 0.6) is 0 Å². The summed E-state index contributed by atoms with van der Waals surface area (Å²) in [4.78, 5) is 32.1. The third-order valence-corrected chi connectivity index (χ3v) is 4.79. The molecule has 0 aliphatic carbocycles. The van der Waals surface area contributed by atoms with Gasteiger partial charge in [-0.3, -0.25) is 9.59 Å². The molecule has 1 unspecified atom stereocenters. The highest BCUT2D eigenvalue weighted by Gasteiger charge is 2.19. The molecule has 0 fully saturated rings. The number of carbonyl (C=O) groups excluding carboxylic acids is 2. The third kappa shape index (κ3) is 17.6. The van der Waals surface area contributed by atoms with Crippen LogP contribution in [-0.4, -0.2) is 36.7 Å². The van der Waals surface area contributed by atoms with Crippen molar-refractivity contribution in [1.82, 2.24) is 0 Å². The summed E-state index contributed by atoms with van der Waals surface area (Å²) < 4.78 is 9.35. The highest BCUT2D eigenvalue weighted by atomic mass is 16.6. The van der Waals surface area contributed by atoms with E-state index in [-0.39, 0.29) is 0 Å². The Balaban J connectivity index is 3.28. The lowest BCUT2D eigenvalue weighted by molar-refractivity contribution is -0.159. The lowest BCUT2D eigenvalue weighted by atomic mass is 10.0. The summed E-state index contributed by atoms with van der Waals surface area (Å²) in [6, 6.07) is 0. The molecule has 6 nitrogen and oxygen atoms in total. The molecule has 0 amide bonds. The zero-order valence-electron chi connectivity index (χ0n) is 17.0. The van der Waals surface area contributed by atoms with Gasteiger partial charge in [0.05, 0.1) is 7.11 Å². The number of hydrogen-bond acceptors (Lipinski definition) is 5. The normalized spacial score (nSPS) is 11.7. The van der Waals surface area contributed by atoms with Gasteiger partial charge >= 0.3 is 11.9 Å². The molecule has 0 aromatic rings. The number of aliphatic carboxylic acids is 1. The molecule has 1 N–H and O–H groups in total. The van der Waals surface area contributed by atoms with E-state index in [9.17, 15) is 14.4 Å². The molecule has 27 heavy (non-hydrogen) atoms. The van der Waals surface area contributed by atoms with Crippen LogP contribution in [0.3, 0.4) is 0 Å². The molecule has 0 radical (unpaired) electrons. The maximum Gasteiger partial charge on any atom is 0.347 e. The number of carbonyl (C=O) groups is 3. The van der Waals surface area contributed by atoms with Crippen molar-refractivity contribution in [3.63, 3.8) is 0 Å². The molecule has 0 spiro atoms. The molecule has 0 saturated heterocycles. The van der Waals surface area contributed by atoms with Crippen LogP contribution in [0.25, 0.3) is 0 Å². The summed E-state index contributed by atoms with van der Waals surface area (Å²) in [6.45, 7) is 0.307. The third-order valence-electron chi connectivity index (χ3n) is 4.79. The van der Waals surface area contributed by atoms with E-state index in [1.165, 1.54) is 58.5 Å². The van der Waals surface area contributed by atoms with Crippen molar-refractivity contribution in [2.45, 2.75) is 109 Å². The number of carboxylic acid groups (broad SMARTS) is 1. The zero-order valence-corrected chi connectivity index (χ0v) is 17.0.